The highest BCUT2D eigenvalue weighted by Crippen LogP contribution is 2.34. The van der Waals surface area contributed by atoms with Gasteiger partial charge in [0.25, 0.3) is 0 Å². The van der Waals surface area contributed by atoms with E-state index >= 15 is 0 Å². The van der Waals surface area contributed by atoms with E-state index in [-0.39, 0.29) is 0 Å². The van der Waals surface area contributed by atoms with E-state index in [9.17, 15) is 0 Å². The molecule has 0 aromatic carbocycles. The third-order valence-corrected chi connectivity index (χ3v) is 11.9. The van der Waals surface area contributed by atoms with E-state index in [1.165, 1.54) is 244 Å². The van der Waals surface area contributed by atoms with Crippen molar-refractivity contribution in [1.82, 2.24) is 0 Å². The highest BCUT2D eigenvalue weighted by atomic mass is 14.3. The zero-order valence-electron chi connectivity index (χ0n) is 30.3. The van der Waals surface area contributed by atoms with Gasteiger partial charge in [0.05, 0.1) is 0 Å². The van der Waals surface area contributed by atoms with Gasteiger partial charge < -0.3 is 0 Å². The van der Waals surface area contributed by atoms with Crippen molar-refractivity contribution >= 4 is 0 Å². The molecule has 0 aromatic heterocycles. The minimum absolute atomic E-state index is 0.952. The summed E-state index contributed by atoms with van der Waals surface area (Å²) in [6, 6.07) is 0. The molecule has 0 bridgehead atoms. The molecule has 2 aliphatic carbocycles. The van der Waals surface area contributed by atoms with Gasteiger partial charge in [-0.3, -0.25) is 0 Å². The van der Waals surface area contributed by atoms with E-state index in [1.807, 2.05) is 0 Å². The van der Waals surface area contributed by atoms with Gasteiger partial charge in [-0.05, 0) is 24.2 Å². The monoisotopic (exact) mass is 601 g/mol. The zero-order valence-corrected chi connectivity index (χ0v) is 30.3. The van der Waals surface area contributed by atoms with Gasteiger partial charge in [0, 0.05) is 0 Å². The summed E-state index contributed by atoms with van der Waals surface area (Å²) in [6.07, 6.45) is 58.8. The van der Waals surface area contributed by atoms with Crippen molar-refractivity contribution in [3.05, 3.63) is 0 Å². The number of rotatable bonds is 3. The third-order valence-electron chi connectivity index (χ3n) is 11.9. The van der Waals surface area contributed by atoms with Gasteiger partial charge >= 0.3 is 0 Å². The first-order chi connectivity index (χ1) is 21.4. The molecule has 1 unspecified atom stereocenters. The maximum atomic E-state index is 2.69. The number of hydrogen-bond acceptors (Lipinski definition) is 0. The van der Waals surface area contributed by atoms with Crippen molar-refractivity contribution in [2.45, 2.75) is 257 Å². The van der Waals surface area contributed by atoms with Gasteiger partial charge in [-0.15, -0.1) is 0 Å². The Morgan fingerprint density at radius 2 is 0.465 bits per heavy atom. The zero-order chi connectivity index (χ0) is 30.3. The Hall–Kier alpha value is 0. The van der Waals surface area contributed by atoms with Crippen LogP contribution in [0, 0.1) is 17.8 Å². The lowest BCUT2D eigenvalue weighted by atomic mass is 9.77. The maximum absolute atomic E-state index is 2.69. The summed E-state index contributed by atoms with van der Waals surface area (Å²) < 4.78 is 0. The van der Waals surface area contributed by atoms with Crippen LogP contribution in [0.2, 0.25) is 0 Å². The van der Waals surface area contributed by atoms with Gasteiger partial charge in [-0.25, -0.2) is 0 Å². The molecule has 0 heterocycles. The summed E-state index contributed by atoms with van der Waals surface area (Å²) in [5.41, 5.74) is 0. The molecule has 0 amide bonds. The molecule has 2 saturated carbocycles. The van der Waals surface area contributed by atoms with Crippen molar-refractivity contribution in [2.75, 3.05) is 0 Å². The SMILES string of the molecule is CC(CC1CCCCCCCCCCCCCCCCCCC1)C1CCCCCCCCCCCCCCCCCCC1. The molecule has 0 heteroatoms. The van der Waals surface area contributed by atoms with Crippen LogP contribution in [0.1, 0.15) is 257 Å². The molecule has 1 atom stereocenters. The average molecular weight is 601 g/mol. The normalized spacial score (nSPS) is 25.3. The van der Waals surface area contributed by atoms with Gasteiger partial charge in [0.15, 0.2) is 0 Å². The molecule has 0 radical (unpaired) electrons. The highest BCUT2D eigenvalue weighted by Gasteiger charge is 2.21. The van der Waals surface area contributed by atoms with Crippen LogP contribution < -0.4 is 0 Å². The van der Waals surface area contributed by atoms with Gasteiger partial charge in [0.1, 0.15) is 0 Å². The summed E-state index contributed by atoms with van der Waals surface area (Å²) >= 11 is 0. The Morgan fingerprint density at radius 1 is 0.279 bits per heavy atom. The second-order valence-corrected chi connectivity index (χ2v) is 16.0. The maximum Gasteiger partial charge on any atom is -0.0388 e. The van der Waals surface area contributed by atoms with E-state index in [4.69, 9.17) is 0 Å². The Morgan fingerprint density at radius 3 is 0.698 bits per heavy atom. The molecule has 0 aromatic rings. The Balaban J connectivity index is 1.81. The molecule has 0 nitrogen and oxygen atoms in total. The predicted molar refractivity (Wildman–Crippen MR) is 196 cm³/mol. The van der Waals surface area contributed by atoms with Crippen molar-refractivity contribution in [1.29, 1.82) is 0 Å². The minimum atomic E-state index is 0.952. The first-order valence-corrected chi connectivity index (χ1v) is 21.4. The van der Waals surface area contributed by atoms with Gasteiger partial charge in [-0.2, -0.15) is 0 Å². The summed E-state index contributed by atoms with van der Waals surface area (Å²) in [6.45, 7) is 2.69. The summed E-state index contributed by atoms with van der Waals surface area (Å²) in [4.78, 5) is 0. The molecule has 0 saturated heterocycles. The van der Waals surface area contributed by atoms with Crippen LogP contribution in [0.25, 0.3) is 0 Å². The molecule has 0 aliphatic heterocycles. The van der Waals surface area contributed by atoms with Crippen molar-refractivity contribution in [3.8, 4) is 0 Å². The fourth-order valence-electron chi connectivity index (χ4n) is 8.79. The second kappa shape index (κ2) is 30.6. The lowest BCUT2D eigenvalue weighted by Crippen LogP contribution is -2.17. The molecule has 0 spiro atoms. The van der Waals surface area contributed by atoms with E-state index < -0.39 is 0 Å². The molecular weight excluding hydrogens is 516 g/mol. The molecule has 256 valence electrons. The third kappa shape index (κ3) is 24.9. The molecule has 2 aliphatic rings. The Bertz CT molecular complexity index is 496. The Labute approximate surface area is 274 Å². The highest BCUT2D eigenvalue weighted by molar-refractivity contribution is 4.73. The lowest BCUT2D eigenvalue weighted by Gasteiger charge is -2.28. The van der Waals surface area contributed by atoms with Gasteiger partial charge in [-0.1, -0.05) is 251 Å². The minimum Gasteiger partial charge on any atom is -0.0622 e. The van der Waals surface area contributed by atoms with Crippen LogP contribution >= 0.6 is 0 Å². The van der Waals surface area contributed by atoms with Crippen molar-refractivity contribution in [2.24, 2.45) is 17.8 Å². The Kier molecular flexibility index (Phi) is 27.9. The van der Waals surface area contributed by atoms with E-state index in [1.54, 1.807) is 6.42 Å². The van der Waals surface area contributed by atoms with E-state index in [0.29, 0.717) is 0 Å². The second-order valence-electron chi connectivity index (χ2n) is 16.0. The van der Waals surface area contributed by atoms with Crippen LogP contribution in [0.4, 0.5) is 0 Å². The fraction of sp³-hybridized carbons (Fsp3) is 1.00. The largest absolute Gasteiger partial charge is 0.0622 e. The average Bonchev–Trinajstić information content (AvgIpc) is 3.00. The van der Waals surface area contributed by atoms with Crippen molar-refractivity contribution < 1.29 is 0 Å². The van der Waals surface area contributed by atoms with Crippen molar-refractivity contribution in [3.63, 3.8) is 0 Å². The van der Waals surface area contributed by atoms with Crippen LogP contribution in [0.5, 0.6) is 0 Å². The summed E-state index contributed by atoms with van der Waals surface area (Å²) in [7, 11) is 0. The lowest BCUT2D eigenvalue weighted by molar-refractivity contribution is 0.230. The van der Waals surface area contributed by atoms with Crippen LogP contribution in [0.15, 0.2) is 0 Å². The van der Waals surface area contributed by atoms with E-state index in [0.717, 1.165) is 17.8 Å². The first kappa shape index (κ1) is 39.2. The van der Waals surface area contributed by atoms with Crippen LogP contribution in [-0.2, 0) is 0 Å². The first-order valence-electron chi connectivity index (χ1n) is 21.4. The standard InChI is InChI=1S/C43H84/c1-41(43-38-34-30-26-22-18-14-10-6-3-7-11-15-19-23-27-31-35-39-43)40-42-36-32-28-24-20-16-12-8-4-2-5-9-13-17-21-25-29-33-37-42/h41-43H,2-40H2,1H3. The molecule has 2 fully saturated rings. The number of hydrogen-bond donors (Lipinski definition) is 0. The van der Waals surface area contributed by atoms with Crippen LogP contribution in [-0.4, -0.2) is 0 Å². The molecule has 43 heavy (non-hydrogen) atoms. The summed E-state index contributed by atoms with van der Waals surface area (Å²) in [5, 5.41) is 0. The predicted octanol–water partition coefficient (Wildman–Crippen LogP) is 16.1. The fourth-order valence-corrected chi connectivity index (χ4v) is 8.79. The molecular formula is C43H84. The molecule has 2 rings (SSSR count). The van der Waals surface area contributed by atoms with Gasteiger partial charge in [0.2, 0.25) is 0 Å². The topological polar surface area (TPSA) is 0 Å². The summed E-state index contributed by atoms with van der Waals surface area (Å²) in [5.74, 6) is 2.97. The molecule has 0 N–H and O–H groups in total. The van der Waals surface area contributed by atoms with Crippen LogP contribution in [0.3, 0.4) is 0 Å². The smallest absolute Gasteiger partial charge is 0.0388 e. The quantitative estimate of drug-likeness (QED) is 0.302. The van der Waals surface area contributed by atoms with E-state index in [2.05, 4.69) is 6.92 Å².